The zero-order chi connectivity index (χ0) is 7.61. The summed E-state index contributed by atoms with van der Waals surface area (Å²) in [6.07, 6.45) is 0. The third-order valence-electron chi connectivity index (χ3n) is 1.77. The summed E-state index contributed by atoms with van der Waals surface area (Å²) < 4.78 is 0. The molecule has 1 aliphatic heterocycles. The van der Waals surface area contributed by atoms with Gasteiger partial charge in [-0.1, -0.05) is 0 Å². The van der Waals surface area contributed by atoms with Crippen LogP contribution in [0.2, 0.25) is 0 Å². The van der Waals surface area contributed by atoms with E-state index >= 15 is 0 Å². The summed E-state index contributed by atoms with van der Waals surface area (Å²) in [5, 5.41) is 15.4. The van der Waals surface area contributed by atoms with Gasteiger partial charge in [-0.05, 0) is 13.8 Å². The summed E-state index contributed by atoms with van der Waals surface area (Å²) in [4.78, 5) is 0. The van der Waals surface area contributed by atoms with E-state index < -0.39 is 0 Å². The van der Waals surface area contributed by atoms with E-state index in [2.05, 4.69) is 24.5 Å². The normalized spacial score (nSPS) is 32.1. The molecule has 1 heterocycles. The molecule has 1 fully saturated rings. The molecule has 0 aromatic rings. The second-order valence-corrected chi connectivity index (χ2v) is 3.54. The fraction of sp³-hybridized carbons (Fsp3) is 1.00. The molecule has 1 rings (SSSR count). The molecule has 0 aromatic heterocycles. The smallest absolute Gasteiger partial charge is 0.0597 e. The van der Waals surface area contributed by atoms with Crippen molar-refractivity contribution < 1.29 is 5.11 Å². The van der Waals surface area contributed by atoms with E-state index in [1.807, 2.05) is 0 Å². The minimum atomic E-state index is 0.131. The van der Waals surface area contributed by atoms with Crippen LogP contribution in [0.1, 0.15) is 13.8 Å². The lowest BCUT2D eigenvalue weighted by atomic mass is 10.0. The molecule has 1 saturated heterocycles. The van der Waals surface area contributed by atoms with Crippen molar-refractivity contribution in [2.75, 3.05) is 19.7 Å². The summed E-state index contributed by atoms with van der Waals surface area (Å²) >= 11 is 0. The zero-order valence-electron chi connectivity index (χ0n) is 6.65. The molecule has 3 N–H and O–H groups in total. The highest BCUT2D eigenvalue weighted by Gasteiger charge is 2.25. The molecular weight excluding hydrogens is 128 g/mol. The molecule has 0 bridgehead atoms. The summed E-state index contributed by atoms with van der Waals surface area (Å²) in [6.45, 7) is 6.32. The Morgan fingerprint density at radius 1 is 1.60 bits per heavy atom. The summed E-state index contributed by atoms with van der Waals surface area (Å²) in [5.41, 5.74) is 0.131. The van der Waals surface area contributed by atoms with Gasteiger partial charge in [0.15, 0.2) is 0 Å². The molecule has 3 heteroatoms. The molecule has 0 saturated carbocycles. The summed E-state index contributed by atoms with van der Waals surface area (Å²) in [5.74, 6) is 0. The van der Waals surface area contributed by atoms with Gasteiger partial charge in [0, 0.05) is 24.7 Å². The molecule has 1 atom stereocenters. The minimum Gasteiger partial charge on any atom is -0.395 e. The summed E-state index contributed by atoms with van der Waals surface area (Å²) in [7, 11) is 0. The average Bonchev–Trinajstić information content (AvgIpc) is 1.86. The Morgan fingerprint density at radius 3 is 2.70 bits per heavy atom. The maximum absolute atomic E-state index is 8.82. The van der Waals surface area contributed by atoms with Gasteiger partial charge in [0.2, 0.25) is 0 Å². The van der Waals surface area contributed by atoms with Crippen molar-refractivity contribution in [1.82, 2.24) is 10.6 Å². The van der Waals surface area contributed by atoms with E-state index in [0.717, 1.165) is 13.1 Å². The van der Waals surface area contributed by atoms with E-state index in [0.29, 0.717) is 0 Å². The van der Waals surface area contributed by atoms with Gasteiger partial charge in [0.1, 0.15) is 0 Å². The molecule has 0 aromatic carbocycles. The number of nitrogens with one attached hydrogen (secondary N) is 2. The van der Waals surface area contributed by atoms with Gasteiger partial charge >= 0.3 is 0 Å². The predicted molar refractivity (Wildman–Crippen MR) is 41.0 cm³/mol. The van der Waals surface area contributed by atoms with Crippen molar-refractivity contribution in [2.45, 2.75) is 25.4 Å². The topological polar surface area (TPSA) is 44.3 Å². The van der Waals surface area contributed by atoms with Gasteiger partial charge in [0.05, 0.1) is 6.61 Å². The lowest BCUT2D eigenvalue weighted by Gasteiger charge is -2.36. The minimum absolute atomic E-state index is 0.131. The lowest BCUT2D eigenvalue weighted by molar-refractivity contribution is 0.178. The van der Waals surface area contributed by atoms with Gasteiger partial charge in [-0.3, -0.25) is 0 Å². The van der Waals surface area contributed by atoms with Crippen molar-refractivity contribution in [1.29, 1.82) is 0 Å². The van der Waals surface area contributed by atoms with Gasteiger partial charge in [-0.25, -0.2) is 0 Å². The Morgan fingerprint density at radius 2 is 2.30 bits per heavy atom. The largest absolute Gasteiger partial charge is 0.395 e. The Kier molecular flexibility index (Phi) is 2.28. The van der Waals surface area contributed by atoms with E-state index in [4.69, 9.17) is 5.11 Å². The van der Waals surface area contributed by atoms with Crippen LogP contribution in [0.4, 0.5) is 0 Å². The molecule has 0 spiro atoms. The lowest BCUT2D eigenvalue weighted by Crippen LogP contribution is -2.61. The van der Waals surface area contributed by atoms with Crippen LogP contribution in [0.3, 0.4) is 0 Å². The molecule has 60 valence electrons. The SMILES string of the molecule is CC1(C)CNCC(CO)N1. The van der Waals surface area contributed by atoms with E-state index in [1.165, 1.54) is 0 Å². The van der Waals surface area contributed by atoms with Crippen molar-refractivity contribution in [2.24, 2.45) is 0 Å². The number of aliphatic hydroxyl groups is 1. The van der Waals surface area contributed by atoms with Gasteiger partial charge < -0.3 is 15.7 Å². The number of aliphatic hydroxyl groups excluding tert-OH is 1. The van der Waals surface area contributed by atoms with Gasteiger partial charge in [-0.2, -0.15) is 0 Å². The highest BCUT2D eigenvalue weighted by atomic mass is 16.3. The number of hydrogen-bond donors (Lipinski definition) is 3. The average molecular weight is 144 g/mol. The Labute approximate surface area is 61.8 Å². The van der Waals surface area contributed by atoms with E-state index in [-0.39, 0.29) is 18.2 Å². The number of hydrogen-bond acceptors (Lipinski definition) is 3. The highest BCUT2D eigenvalue weighted by molar-refractivity contribution is 4.89. The standard InChI is InChI=1S/C7H16N2O/c1-7(2)5-8-3-6(4-10)9-7/h6,8-10H,3-5H2,1-2H3. The van der Waals surface area contributed by atoms with Crippen molar-refractivity contribution in [3.05, 3.63) is 0 Å². The van der Waals surface area contributed by atoms with Gasteiger partial charge in [0.25, 0.3) is 0 Å². The van der Waals surface area contributed by atoms with Crippen LogP contribution >= 0.6 is 0 Å². The van der Waals surface area contributed by atoms with Crippen LogP contribution in [-0.4, -0.2) is 36.4 Å². The quantitative estimate of drug-likeness (QED) is 0.457. The first-order valence-corrected chi connectivity index (χ1v) is 3.73. The second-order valence-electron chi connectivity index (χ2n) is 3.54. The Hall–Kier alpha value is -0.120. The predicted octanol–water partition coefficient (Wildman–Crippen LogP) is -0.681. The maximum Gasteiger partial charge on any atom is 0.0597 e. The maximum atomic E-state index is 8.82. The van der Waals surface area contributed by atoms with Crippen LogP contribution in [0.25, 0.3) is 0 Å². The monoisotopic (exact) mass is 144 g/mol. The summed E-state index contributed by atoms with van der Waals surface area (Å²) in [6, 6.07) is 0.226. The number of rotatable bonds is 1. The molecule has 0 amide bonds. The highest BCUT2D eigenvalue weighted by Crippen LogP contribution is 2.05. The third kappa shape index (κ3) is 1.94. The molecule has 10 heavy (non-hydrogen) atoms. The van der Waals surface area contributed by atoms with Crippen molar-refractivity contribution in [3.8, 4) is 0 Å². The van der Waals surface area contributed by atoms with Crippen LogP contribution in [0.15, 0.2) is 0 Å². The first kappa shape index (κ1) is 7.98. The van der Waals surface area contributed by atoms with Crippen LogP contribution in [0, 0.1) is 0 Å². The Bertz CT molecular complexity index is 114. The van der Waals surface area contributed by atoms with Crippen LogP contribution in [0.5, 0.6) is 0 Å². The van der Waals surface area contributed by atoms with E-state index in [1.54, 1.807) is 0 Å². The fourth-order valence-corrected chi connectivity index (χ4v) is 1.32. The second kappa shape index (κ2) is 2.86. The molecule has 3 nitrogen and oxygen atoms in total. The molecule has 1 unspecified atom stereocenters. The Balaban J connectivity index is 2.40. The van der Waals surface area contributed by atoms with Crippen molar-refractivity contribution in [3.63, 3.8) is 0 Å². The molecule has 1 aliphatic rings. The fourth-order valence-electron chi connectivity index (χ4n) is 1.32. The molecular formula is C7H16N2O. The third-order valence-corrected chi connectivity index (χ3v) is 1.77. The van der Waals surface area contributed by atoms with E-state index in [9.17, 15) is 0 Å². The zero-order valence-corrected chi connectivity index (χ0v) is 6.65. The van der Waals surface area contributed by atoms with Crippen LogP contribution < -0.4 is 10.6 Å². The first-order chi connectivity index (χ1) is 4.64. The van der Waals surface area contributed by atoms with Crippen LogP contribution in [-0.2, 0) is 0 Å². The van der Waals surface area contributed by atoms with Crippen molar-refractivity contribution >= 4 is 0 Å². The molecule has 0 radical (unpaired) electrons. The molecule has 0 aliphatic carbocycles. The first-order valence-electron chi connectivity index (χ1n) is 3.73. The number of piperazine rings is 1. The van der Waals surface area contributed by atoms with Gasteiger partial charge in [-0.15, -0.1) is 0 Å².